The minimum atomic E-state index is -3.63. The van der Waals surface area contributed by atoms with Gasteiger partial charge in [-0.15, -0.1) is 0 Å². The highest BCUT2D eigenvalue weighted by Gasteiger charge is 2.15. The van der Waals surface area contributed by atoms with Crippen LogP contribution in [0.5, 0.6) is 0 Å². The average Bonchev–Trinajstić information content (AvgIpc) is 2.35. The normalized spacial score (nSPS) is 11.3. The maximum absolute atomic E-state index is 12.0. The molecule has 0 aliphatic heterocycles. The van der Waals surface area contributed by atoms with Gasteiger partial charge in [0.15, 0.2) is 0 Å². The molecule has 0 spiro atoms. The Morgan fingerprint density at radius 2 is 1.95 bits per heavy atom. The fraction of sp³-hybridized carbons (Fsp3) is 0.462. The van der Waals surface area contributed by atoms with Crippen LogP contribution in [0.3, 0.4) is 0 Å². The lowest BCUT2D eigenvalue weighted by Crippen LogP contribution is -2.31. The SMILES string of the molecule is CCCNC(=O)CCNS(=O)(=O)c1cc(C)cc(N)c1. The Hall–Kier alpha value is -1.60. The highest BCUT2D eigenvalue weighted by atomic mass is 32.2. The molecule has 1 rings (SSSR count). The Morgan fingerprint density at radius 1 is 1.25 bits per heavy atom. The fourth-order valence-electron chi connectivity index (χ4n) is 1.67. The van der Waals surface area contributed by atoms with E-state index in [0.29, 0.717) is 12.2 Å². The maximum Gasteiger partial charge on any atom is 0.240 e. The number of carbonyl (C=O) groups is 1. The molecule has 0 aliphatic carbocycles. The number of nitrogens with one attached hydrogen (secondary N) is 2. The van der Waals surface area contributed by atoms with E-state index in [-0.39, 0.29) is 23.8 Å². The lowest BCUT2D eigenvalue weighted by molar-refractivity contribution is -0.120. The molecule has 4 N–H and O–H groups in total. The summed E-state index contributed by atoms with van der Waals surface area (Å²) in [5, 5.41) is 2.68. The van der Waals surface area contributed by atoms with E-state index in [0.717, 1.165) is 12.0 Å². The molecular formula is C13H21N3O3S. The van der Waals surface area contributed by atoms with Crippen molar-refractivity contribution in [3.05, 3.63) is 23.8 Å². The number of aryl methyl sites for hydroxylation is 1. The molecule has 0 bridgehead atoms. The van der Waals surface area contributed by atoms with Crippen LogP contribution in [-0.4, -0.2) is 27.4 Å². The number of rotatable bonds is 7. The Balaban J connectivity index is 2.60. The number of carbonyl (C=O) groups excluding carboxylic acids is 1. The second-order valence-corrected chi connectivity index (χ2v) is 6.34. The van der Waals surface area contributed by atoms with Gasteiger partial charge in [-0.25, -0.2) is 13.1 Å². The van der Waals surface area contributed by atoms with Gasteiger partial charge < -0.3 is 11.1 Å². The van der Waals surface area contributed by atoms with E-state index in [1.165, 1.54) is 12.1 Å². The van der Waals surface area contributed by atoms with Crippen molar-refractivity contribution in [2.24, 2.45) is 0 Å². The molecule has 7 heteroatoms. The third kappa shape index (κ3) is 5.18. The highest BCUT2D eigenvalue weighted by Crippen LogP contribution is 2.15. The molecule has 1 aromatic carbocycles. The van der Waals surface area contributed by atoms with Crippen molar-refractivity contribution in [2.75, 3.05) is 18.8 Å². The largest absolute Gasteiger partial charge is 0.399 e. The van der Waals surface area contributed by atoms with E-state index in [1.807, 2.05) is 6.92 Å². The second-order valence-electron chi connectivity index (χ2n) is 4.58. The van der Waals surface area contributed by atoms with Crippen LogP contribution in [-0.2, 0) is 14.8 Å². The van der Waals surface area contributed by atoms with Crippen LogP contribution in [0.25, 0.3) is 0 Å². The van der Waals surface area contributed by atoms with Crippen molar-refractivity contribution in [2.45, 2.75) is 31.6 Å². The van der Waals surface area contributed by atoms with E-state index in [1.54, 1.807) is 13.0 Å². The summed E-state index contributed by atoms with van der Waals surface area (Å²) in [6.07, 6.45) is 0.959. The smallest absolute Gasteiger partial charge is 0.240 e. The van der Waals surface area contributed by atoms with E-state index < -0.39 is 10.0 Å². The molecule has 112 valence electrons. The molecule has 0 saturated heterocycles. The number of nitrogens with two attached hydrogens (primary N) is 1. The van der Waals surface area contributed by atoms with Gasteiger partial charge in [-0.05, 0) is 37.1 Å². The Kier molecular flexibility index (Phi) is 5.97. The standard InChI is InChI=1S/C13H21N3O3S/c1-3-5-15-13(17)4-6-16-20(18,19)12-8-10(2)7-11(14)9-12/h7-9,16H,3-6,14H2,1-2H3,(H,15,17). The third-order valence-electron chi connectivity index (χ3n) is 2.60. The van der Waals surface area contributed by atoms with Gasteiger partial charge in [0.2, 0.25) is 15.9 Å². The summed E-state index contributed by atoms with van der Waals surface area (Å²) < 4.78 is 26.5. The first-order valence-electron chi connectivity index (χ1n) is 6.48. The van der Waals surface area contributed by atoms with Crippen LogP contribution in [0.15, 0.2) is 23.1 Å². The maximum atomic E-state index is 12.0. The van der Waals surface area contributed by atoms with E-state index >= 15 is 0 Å². The lowest BCUT2D eigenvalue weighted by Gasteiger charge is -2.08. The predicted molar refractivity (Wildman–Crippen MR) is 78.7 cm³/mol. The van der Waals surface area contributed by atoms with E-state index in [4.69, 9.17) is 5.73 Å². The number of anilines is 1. The zero-order valence-corrected chi connectivity index (χ0v) is 12.6. The monoisotopic (exact) mass is 299 g/mol. The van der Waals surface area contributed by atoms with Crippen molar-refractivity contribution in [1.29, 1.82) is 0 Å². The average molecular weight is 299 g/mol. The van der Waals surface area contributed by atoms with Crippen LogP contribution in [0, 0.1) is 6.92 Å². The number of hydrogen-bond acceptors (Lipinski definition) is 4. The van der Waals surface area contributed by atoms with Gasteiger partial charge in [0.1, 0.15) is 0 Å². The molecule has 20 heavy (non-hydrogen) atoms. The minimum absolute atomic E-state index is 0.0612. The number of sulfonamides is 1. The van der Waals surface area contributed by atoms with Gasteiger partial charge in [-0.2, -0.15) is 0 Å². The molecule has 1 amide bonds. The van der Waals surface area contributed by atoms with Crippen molar-refractivity contribution in [1.82, 2.24) is 10.0 Å². The number of benzene rings is 1. The first kappa shape index (κ1) is 16.5. The molecule has 0 heterocycles. The summed E-state index contributed by atoms with van der Waals surface area (Å²) in [6, 6.07) is 4.62. The molecule has 0 atom stereocenters. The number of hydrogen-bond donors (Lipinski definition) is 3. The molecule has 0 aliphatic rings. The first-order chi connectivity index (χ1) is 9.35. The topological polar surface area (TPSA) is 101 Å². The van der Waals surface area contributed by atoms with Crippen LogP contribution in [0.2, 0.25) is 0 Å². The summed E-state index contributed by atoms with van der Waals surface area (Å²) in [6.45, 7) is 4.38. The molecule has 0 radical (unpaired) electrons. The zero-order chi connectivity index (χ0) is 15.2. The zero-order valence-electron chi connectivity index (χ0n) is 11.8. The summed E-state index contributed by atoms with van der Waals surface area (Å²) in [5.74, 6) is -0.168. The van der Waals surface area contributed by atoms with Gasteiger partial charge in [0.25, 0.3) is 0 Å². The molecule has 0 unspecified atom stereocenters. The number of amides is 1. The Morgan fingerprint density at radius 3 is 2.55 bits per heavy atom. The Bertz CT molecular complexity index is 550. The van der Waals surface area contributed by atoms with Crippen LogP contribution in [0.1, 0.15) is 25.3 Å². The predicted octanol–water partition coefficient (Wildman–Crippen LogP) is 0.772. The van der Waals surface area contributed by atoms with Crippen molar-refractivity contribution < 1.29 is 13.2 Å². The fourth-order valence-corrected chi connectivity index (χ4v) is 2.84. The lowest BCUT2D eigenvalue weighted by atomic mass is 10.2. The quantitative estimate of drug-likeness (QED) is 0.647. The molecule has 0 saturated carbocycles. The Labute approximate surface area is 119 Å². The van der Waals surface area contributed by atoms with Gasteiger partial charge >= 0.3 is 0 Å². The van der Waals surface area contributed by atoms with E-state index in [2.05, 4.69) is 10.0 Å². The minimum Gasteiger partial charge on any atom is -0.399 e. The summed E-state index contributed by atoms with van der Waals surface area (Å²) in [7, 11) is -3.63. The summed E-state index contributed by atoms with van der Waals surface area (Å²) >= 11 is 0. The number of nitrogen functional groups attached to an aromatic ring is 1. The van der Waals surface area contributed by atoms with Crippen molar-refractivity contribution in [3.8, 4) is 0 Å². The van der Waals surface area contributed by atoms with Gasteiger partial charge in [0.05, 0.1) is 4.90 Å². The molecule has 6 nitrogen and oxygen atoms in total. The van der Waals surface area contributed by atoms with E-state index in [9.17, 15) is 13.2 Å². The summed E-state index contributed by atoms with van der Waals surface area (Å²) in [4.78, 5) is 11.5. The molecular weight excluding hydrogens is 278 g/mol. The van der Waals surface area contributed by atoms with Crippen molar-refractivity contribution >= 4 is 21.6 Å². The summed E-state index contributed by atoms with van der Waals surface area (Å²) in [5.41, 5.74) is 6.80. The second kappa shape index (κ2) is 7.25. The molecule has 0 aromatic heterocycles. The van der Waals surface area contributed by atoms with Crippen LogP contribution < -0.4 is 15.8 Å². The van der Waals surface area contributed by atoms with Crippen LogP contribution in [0.4, 0.5) is 5.69 Å². The first-order valence-corrected chi connectivity index (χ1v) is 7.97. The van der Waals surface area contributed by atoms with Crippen molar-refractivity contribution in [3.63, 3.8) is 0 Å². The molecule has 1 aromatic rings. The molecule has 0 fully saturated rings. The van der Waals surface area contributed by atoms with Crippen LogP contribution >= 0.6 is 0 Å². The highest BCUT2D eigenvalue weighted by molar-refractivity contribution is 7.89. The third-order valence-corrected chi connectivity index (χ3v) is 4.04. The van der Waals surface area contributed by atoms with Gasteiger partial charge in [0, 0.05) is 25.2 Å². The van der Waals surface area contributed by atoms with Gasteiger partial charge in [-0.1, -0.05) is 6.92 Å². The van der Waals surface area contributed by atoms with Gasteiger partial charge in [-0.3, -0.25) is 4.79 Å².